The molecule has 0 bridgehead atoms. The van der Waals surface area contributed by atoms with E-state index in [0.29, 0.717) is 30.3 Å². The van der Waals surface area contributed by atoms with Gasteiger partial charge >= 0.3 is 0 Å². The summed E-state index contributed by atoms with van der Waals surface area (Å²) >= 11 is 18.7. The van der Waals surface area contributed by atoms with Crippen LogP contribution >= 0.6 is 55.1 Å². The molecule has 7 nitrogen and oxygen atoms in total. The number of carbonyl (C=O) groups excluding carboxylic acids is 1. The van der Waals surface area contributed by atoms with Crippen LogP contribution in [0.25, 0.3) is 0 Å². The summed E-state index contributed by atoms with van der Waals surface area (Å²) in [5, 5.41) is 12.1. The smallest absolute Gasteiger partial charge is 0.277 e. The Labute approximate surface area is 214 Å². The largest absolute Gasteiger partial charge is 0.470 e. The number of hydrogen-bond acceptors (Lipinski definition) is 4. The maximum absolute atomic E-state index is 14.1. The Kier molecular flexibility index (Phi) is 7.38. The Balaban J connectivity index is 1.40. The van der Waals surface area contributed by atoms with Gasteiger partial charge in [-0.3, -0.25) is 9.48 Å². The highest BCUT2D eigenvalue weighted by atomic mass is 79.9. The average Bonchev–Trinajstić information content (AvgIpc) is 3.37. The Morgan fingerprint density at radius 1 is 1.09 bits per heavy atom. The number of benzene rings is 2. The van der Waals surface area contributed by atoms with E-state index in [9.17, 15) is 9.18 Å². The van der Waals surface area contributed by atoms with Crippen LogP contribution in [0.15, 0.2) is 63.8 Å². The number of halogens is 5. The molecule has 0 saturated carbocycles. The van der Waals surface area contributed by atoms with Gasteiger partial charge in [0.25, 0.3) is 5.91 Å². The zero-order valence-electron chi connectivity index (χ0n) is 16.6. The molecule has 170 valence electrons. The van der Waals surface area contributed by atoms with E-state index in [1.807, 2.05) is 0 Å². The molecule has 2 heterocycles. The highest BCUT2D eigenvalue weighted by Gasteiger charge is 2.16. The van der Waals surface area contributed by atoms with Gasteiger partial charge in [0.1, 0.15) is 11.6 Å². The number of anilines is 1. The van der Waals surface area contributed by atoms with Crippen molar-refractivity contribution in [3.05, 3.63) is 90.9 Å². The van der Waals surface area contributed by atoms with Gasteiger partial charge in [0.05, 0.1) is 15.5 Å². The number of amides is 1. The predicted octanol–water partition coefficient (Wildman–Crippen LogP) is 6.39. The second kappa shape index (κ2) is 10.3. The normalized spacial score (nSPS) is 10.9. The number of aromatic nitrogens is 4. The fraction of sp³-hybridized carbons (Fsp3) is 0.0952. The lowest BCUT2D eigenvalue weighted by atomic mass is 10.2. The minimum absolute atomic E-state index is 0.0925. The van der Waals surface area contributed by atoms with Crippen LogP contribution in [0.1, 0.15) is 16.1 Å². The summed E-state index contributed by atoms with van der Waals surface area (Å²) in [6.45, 7) is 0.196. The molecule has 1 N–H and O–H groups in total. The summed E-state index contributed by atoms with van der Waals surface area (Å²) in [4.78, 5) is 12.6. The lowest BCUT2D eigenvalue weighted by molar-refractivity contribution is 0.101. The topological polar surface area (TPSA) is 74.0 Å². The minimum Gasteiger partial charge on any atom is -0.470 e. The first-order valence-electron chi connectivity index (χ1n) is 9.38. The highest BCUT2D eigenvalue weighted by Crippen LogP contribution is 2.28. The van der Waals surface area contributed by atoms with Crippen LogP contribution in [0.3, 0.4) is 0 Å². The van der Waals surface area contributed by atoms with Gasteiger partial charge in [0, 0.05) is 28.0 Å². The Hall–Kier alpha value is -2.40. The summed E-state index contributed by atoms with van der Waals surface area (Å²) in [7, 11) is 0. The molecule has 0 radical (unpaired) electrons. The van der Waals surface area contributed by atoms with Crippen LogP contribution in [0.4, 0.5) is 10.2 Å². The number of carbonyl (C=O) groups is 1. The molecule has 4 aromatic rings. The molecule has 4 rings (SSSR count). The second-order valence-corrected chi connectivity index (χ2v) is 9.32. The maximum Gasteiger partial charge on any atom is 0.277 e. The quantitative estimate of drug-likeness (QED) is 0.261. The van der Waals surface area contributed by atoms with Crippen molar-refractivity contribution in [2.75, 3.05) is 5.32 Å². The van der Waals surface area contributed by atoms with Gasteiger partial charge in [-0.2, -0.15) is 10.2 Å². The van der Waals surface area contributed by atoms with E-state index >= 15 is 0 Å². The average molecular weight is 618 g/mol. The third-order valence-electron chi connectivity index (χ3n) is 4.45. The number of nitrogens with zero attached hydrogens (tertiary/aromatic N) is 4. The van der Waals surface area contributed by atoms with Crippen molar-refractivity contribution in [2.45, 2.75) is 13.3 Å². The lowest BCUT2D eigenvalue weighted by Gasteiger charge is -2.08. The van der Waals surface area contributed by atoms with Gasteiger partial charge in [-0.1, -0.05) is 29.3 Å². The molecule has 0 unspecified atom stereocenters. The lowest BCUT2D eigenvalue weighted by Crippen LogP contribution is -2.15. The van der Waals surface area contributed by atoms with E-state index in [1.54, 1.807) is 42.7 Å². The third-order valence-corrected chi connectivity index (χ3v) is 6.24. The fourth-order valence-electron chi connectivity index (χ4n) is 2.86. The van der Waals surface area contributed by atoms with E-state index in [2.05, 4.69) is 47.4 Å². The summed E-state index contributed by atoms with van der Waals surface area (Å²) in [6.07, 6.45) is 3.24. The standard InChI is InChI=1S/C21H14Br2Cl2FN5O2/c22-14-8-12(24)4-5-19(14)33-11-30-7-6-18(28-30)21(32)27-20-15(23)10-31(29-20)9-13-16(25)2-1-3-17(13)26/h1-8,10H,9,11H2,(H,27,29,32). The molecule has 2 aromatic heterocycles. The van der Waals surface area contributed by atoms with Gasteiger partial charge in [-0.05, 0) is 68.3 Å². The molecule has 12 heteroatoms. The molecular formula is C21H14Br2Cl2FN5O2. The predicted molar refractivity (Wildman–Crippen MR) is 130 cm³/mol. The number of ether oxygens (including phenoxy) is 1. The van der Waals surface area contributed by atoms with Gasteiger partial charge in [-0.25, -0.2) is 9.07 Å². The summed E-state index contributed by atoms with van der Waals surface area (Å²) in [6, 6.07) is 11.2. The van der Waals surface area contributed by atoms with Gasteiger partial charge in [-0.15, -0.1) is 0 Å². The second-order valence-electron chi connectivity index (χ2n) is 6.77. The van der Waals surface area contributed by atoms with Crippen LogP contribution < -0.4 is 10.1 Å². The van der Waals surface area contributed by atoms with Gasteiger partial charge in [0.15, 0.2) is 18.2 Å². The van der Waals surface area contributed by atoms with E-state index < -0.39 is 11.7 Å². The maximum atomic E-state index is 14.1. The van der Waals surface area contributed by atoms with Crippen LogP contribution in [0, 0.1) is 5.82 Å². The number of rotatable bonds is 7. The van der Waals surface area contributed by atoms with Crippen LogP contribution in [0.5, 0.6) is 5.75 Å². The van der Waals surface area contributed by atoms with Crippen molar-refractivity contribution in [3.8, 4) is 5.75 Å². The zero-order valence-corrected chi connectivity index (χ0v) is 21.3. The van der Waals surface area contributed by atoms with Crippen molar-refractivity contribution in [1.82, 2.24) is 19.6 Å². The van der Waals surface area contributed by atoms with E-state index in [4.69, 9.17) is 27.9 Å². The van der Waals surface area contributed by atoms with Crippen molar-refractivity contribution in [3.63, 3.8) is 0 Å². The van der Waals surface area contributed by atoms with Gasteiger partial charge in [0.2, 0.25) is 0 Å². The van der Waals surface area contributed by atoms with E-state index in [-0.39, 0.29) is 24.8 Å². The van der Waals surface area contributed by atoms with E-state index in [0.717, 1.165) is 0 Å². The first kappa shape index (κ1) is 23.7. The highest BCUT2D eigenvalue weighted by molar-refractivity contribution is 9.11. The SMILES string of the molecule is O=C(Nc1nn(Cc2c(F)cccc2Cl)cc1Br)c1ccn(COc2ccc(Cl)cc2Br)n1. The minimum atomic E-state index is -0.462. The first-order chi connectivity index (χ1) is 15.8. The summed E-state index contributed by atoms with van der Waals surface area (Å²) in [5.41, 5.74) is 0.477. The van der Waals surface area contributed by atoms with Crippen molar-refractivity contribution in [2.24, 2.45) is 0 Å². The molecule has 0 fully saturated rings. The third kappa shape index (κ3) is 5.75. The van der Waals surface area contributed by atoms with Gasteiger partial charge < -0.3 is 10.1 Å². The zero-order chi connectivity index (χ0) is 23.5. The number of nitrogens with one attached hydrogen (secondary N) is 1. The molecule has 1 amide bonds. The molecular weight excluding hydrogens is 604 g/mol. The van der Waals surface area contributed by atoms with Crippen LogP contribution in [0.2, 0.25) is 10.0 Å². The monoisotopic (exact) mass is 615 g/mol. The Morgan fingerprint density at radius 3 is 2.67 bits per heavy atom. The molecule has 0 spiro atoms. The fourth-order valence-corrected chi connectivity index (χ4v) is 4.30. The Morgan fingerprint density at radius 2 is 1.91 bits per heavy atom. The molecule has 0 aliphatic carbocycles. The summed E-state index contributed by atoms with van der Waals surface area (Å²) < 4.78 is 23.9. The Bertz CT molecular complexity index is 1310. The van der Waals surface area contributed by atoms with Crippen LogP contribution in [-0.2, 0) is 13.3 Å². The molecule has 0 aliphatic rings. The molecule has 33 heavy (non-hydrogen) atoms. The van der Waals surface area contributed by atoms with E-state index in [1.165, 1.54) is 21.5 Å². The first-order valence-corrected chi connectivity index (χ1v) is 11.7. The van der Waals surface area contributed by atoms with Crippen molar-refractivity contribution < 1.29 is 13.9 Å². The van der Waals surface area contributed by atoms with Crippen molar-refractivity contribution >= 4 is 66.8 Å². The van der Waals surface area contributed by atoms with Crippen LogP contribution in [-0.4, -0.2) is 25.5 Å². The molecule has 0 atom stereocenters. The molecule has 0 aliphatic heterocycles. The molecule has 2 aromatic carbocycles. The van der Waals surface area contributed by atoms with Crippen molar-refractivity contribution in [1.29, 1.82) is 0 Å². The molecule has 0 saturated heterocycles. The number of hydrogen-bond donors (Lipinski definition) is 1. The summed E-state index contributed by atoms with van der Waals surface area (Å²) in [5.74, 6) is -0.0388.